The van der Waals surface area contributed by atoms with Gasteiger partial charge in [0.05, 0.1) is 21.0 Å². The van der Waals surface area contributed by atoms with Crippen LogP contribution in [0, 0.1) is 10.1 Å². The first-order chi connectivity index (χ1) is 11.9. The number of halogens is 2. The molecule has 25 heavy (non-hydrogen) atoms. The lowest BCUT2D eigenvalue weighted by Crippen LogP contribution is -1.94. The predicted molar refractivity (Wildman–Crippen MR) is 91.9 cm³/mol. The van der Waals surface area contributed by atoms with E-state index in [-0.39, 0.29) is 33.2 Å². The fourth-order valence-corrected chi connectivity index (χ4v) is 2.55. The van der Waals surface area contributed by atoms with Crippen LogP contribution in [0.15, 0.2) is 46.6 Å². The summed E-state index contributed by atoms with van der Waals surface area (Å²) in [4.78, 5) is 25.0. The molecule has 0 aliphatic rings. The third-order valence-corrected chi connectivity index (χ3v) is 3.91. The van der Waals surface area contributed by atoms with Crippen LogP contribution >= 0.6 is 23.2 Å². The smallest absolute Gasteiger partial charge is 0.296 e. The average Bonchev–Trinajstić information content (AvgIpc) is 2.89. The van der Waals surface area contributed by atoms with Crippen molar-refractivity contribution in [2.45, 2.75) is 0 Å². The number of carbonyl (C=O) groups excluding carboxylic acids is 1. The van der Waals surface area contributed by atoms with Crippen molar-refractivity contribution in [2.75, 3.05) is 0 Å². The summed E-state index contributed by atoms with van der Waals surface area (Å²) in [6.45, 7) is 0. The minimum Gasteiger partial charge on any atom is -0.493 e. The van der Waals surface area contributed by atoms with Crippen LogP contribution in [-0.4, -0.2) is 20.9 Å². The molecule has 0 spiro atoms. The molecule has 0 aliphatic carbocycles. The number of azo groups is 1. The number of nitrogens with zero attached hydrogens (tertiary/aromatic N) is 3. The molecule has 3 rings (SSSR count). The van der Waals surface area contributed by atoms with Crippen LogP contribution in [0.25, 0.3) is 10.9 Å². The molecule has 1 amide bonds. The predicted octanol–water partition coefficient (Wildman–Crippen LogP) is 5.01. The summed E-state index contributed by atoms with van der Waals surface area (Å²) in [6.07, 6.45) is 0. The minimum absolute atomic E-state index is 0.0447. The third-order valence-electron chi connectivity index (χ3n) is 3.35. The highest BCUT2D eigenvalue weighted by atomic mass is 35.5. The quantitative estimate of drug-likeness (QED) is 0.377. The summed E-state index contributed by atoms with van der Waals surface area (Å²) in [7, 11) is 0. The lowest BCUT2D eigenvalue weighted by Gasteiger charge is -1.99. The number of nitrogens with one attached hydrogen (secondary N) is 1. The Bertz CT molecular complexity index is 1050. The molecule has 8 nitrogen and oxygen atoms in total. The number of H-pyrrole nitrogens is 1. The Kier molecular flexibility index (Phi) is 4.39. The first kappa shape index (κ1) is 16.9. The highest BCUT2D eigenvalue weighted by Crippen LogP contribution is 2.37. The Morgan fingerprint density at radius 2 is 1.96 bits per heavy atom. The number of non-ortho nitro benzene ring substituents is 1. The van der Waals surface area contributed by atoms with Gasteiger partial charge in [-0.2, -0.15) is 0 Å². The molecular weight excluding hydrogens is 371 g/mol. The molecule has 10 heteroatoms. The summed E-state index contributed by atoms with van der Waals surface area (Å²) in [5, 5.41) is 28.7. The van der Waals surface area contributed by atoms with Gasteiger partial charge in [0, 0.05) is 22.5 Å². The van der Waals surface area contributed by atoms with Crippen LogP contribution in [0.2, 0.25) is 10.0 Å². The summed E-state index contributed by atoms with van der Waals surface area (Å²) < 4.78 is 0. The number of nitro benzene ring substituents is 1. The second kappa shape index (κ2) is 6.50. The molecule has 1 aromatic heterocycles. The van der Waals surface area contributed by atoms with Gasteiger partial charge in [0.15, 0.2) is 5.69 Å². The van der Waals surface area contributed by atoms with Crippen LogP contribution in [0.4, 0.5) is 11.4 Å². The molecule has 126 valence electrons. The van der Waals surface area contributed by atoms with Gasteiger partial charge in [-0.3, -0.25) is 14.9 Å². The first-order valence-electron chi connectivity index (χ1n) is 6.77. The molecule has 0 aliphatic heterocycles. The standard InChI is InChI=1S/C15H8Cl2N4O4/c16-7-1-3-11(17)9(5-7)14(22)20-19-13-10-6-8(21(24)25)2-4-12(10)18-15(13)23/h1-6,18,23H. The van der Waals surface area contributed by atoms with Crippen molar-refractivity contribution in [1.82, 2.24) is 4.98 Å². The first-order valence-corrected chi connectivity index (χ1v) is 7.52. The van der Waals surface area contributed by atoms with Gasteiger partial charge >= 0.3 is 0 Å². The van der Waals surface area contributed by atoms with Crippen LogP contribution in [0.5, 0.6) is 5.88 Å². The number of rotatable bonds is 3. The van der Waals surface area contributed by atoms with E-state index in [0.29, 0.717) is 10.5 Å². The van der Waals surface area contributed by atoms with Crippen molar-refractivity contribution < 1.29 is 14.8 Å². The van der Waals surface area contributed by atoms with Gasteiger partial charge in [0.1, 0.15) is 0 Å². The van der Waals surface area contributed by atoms with Crippen molar-refractivity contribution in [3.8, 4) is 5.88 Å². The Balaban J connectivity index is 2.02. The zero-order valence-corrected chi connectivity index (χ0v) is 13.7. The molecule has 0 radical (unpaired) electrons. The van der Waals surface area contributed by atoms with Gasteiger partial charge in [0.25, 0.3) is 11.6 Å². The monoisotopic (exact) mass is 378 g/mol. The third kappa shape index (κ3) is 3.30. The SMILES string of the molecule is O=C(N=Nc1c(O)[nH]c2ccc([N+](=O)[O-])cc12)c1cc(Cl)ccc1Cl. The van der Waals surface area contributed by atoms with Crippen LogP contribution in [0.3, 0.4) is 0 Å². The molecule has 0 unspecified atom stereocenters. The molecule has 3 aromatic rings. The molecule has 0 fully saturated rings. The number of hydrogen-bond donors (Lipinski definition) is 2. The highest BCUT2D eigenvalue weighted by molar-refractivity contribution is 6.35. The zero-order chi connectivity index (χ0) is 18.1. The number of aromatic nitrogens is 1. The Morgan fingerprint density at radius 1 is 1.20 bits per heavy atom. The Morgan fingerprint density at radius 3 is 2.68 bits per heavy atom. The summed E-state index contributed by atoms with van der Waals surface area (Å²) in [5.41, 5.74) is 0.172. The summed E-state index contributed by atoms with van der Waals surface area (Å²) >= 11 is 11.7. The Labute approximate surface area is 149 Å². The molecule has 2 N–H and O–H groups in total. The second-order valence-electron chi connectivity index (χ2n) is 4.94. The van der Waals surface area contributed by atoms with Crippen molar-refractivity contribution >= 4 is 51.4 Å². The number of aromatic amines is 1. The molecule has 2 aromatic carbocycles. The topological polar surface area (TPSA) is 121 Å². The van der Waals surface area contributed by atoms with Gasteiger partial charge in [-0.15, -0.1) is 10.2 Å². The van der Waals surface area contributed by atoms with Crippen molar-refractivity contribution in [3.05, 3.63) is 62.1 Å². The minimum atomic E-state index is -0.772. The van der Waals surface area contributed by atoms with Crippen molar-refractivity contribution in [2.24, 2.45) is 10.2 Å². The average molecular weight is 379 g/mol. The molecule has 0 saturated heterocycles. The van der Waals surface area contributed by atoms with E-state index in [1.165, 1.54) is 36.4 Å². The van der Waals surface area contributed by atoms with Gasteiger partial charge < -0.3 is 10.1 Å². The highest BCUT2D eigenvalue weighted by Gasteiger charge is 2.16. The van der Waals surface area contributed by atoms with Crippen LogP contribution in [-0.2, 0) is 0 Å². The van der Waals surface area contributed by atoms with Gasteiger partial charge in [-0.25, -0.2) is 0 Å². The molecule has 0 bridgehead atoms. The van der Waals surface area contributed by atoms with E-state index in [4.69, 9.17) is 23.2 Å². The lowest BCUT2D eigenvalue weighted by molar-refractivity contribution is -0.384. The van der Waals surface area contributed by atoms with E-state index in [2.05, 4.69) is 15.2 Å². The summed E-state index contributed by atoms with van der Waals surface area (Å²) in [5.74, 6) is -1.14. The number of nitro groups is 1. The fourth-order valence-electron chi connectivity index (χ4n) is 2.18. The Hall–Kier alpha value is -2.97. The van der Waals surface area contributed by atoms with E-state index in [1.54, 1.807) is 0 Å². The number of amides is 1. The second-order valence-corrected chi connectivity index (χ2v) is 5.78. The fraction of sp³-hybridized carbons (Fsp3) is 0. The van der Waals surface area contributed by atoms with Gasteiger partial charge in [-0.1, -0.05) is 23.2 Å². The number of carbonyl (C=O) groups is 1. The van der Waals surface area contributed by atoms with E-state index in [1.807, 2.05) is 0 Å². The van der Waals surface area contributed by atoms with E-state index in [9.17, 15) is 20.0 Å². The van der Waals surface area contributed by atoms with Crippen LogP contribution in [0.1, 0.15) is 10.4 Å². The number of fused-ring (bicyclic) bond motifs is 1. The molecule has 0 saturated carbocycles. The largest absolute Gasteiger partial charge is 0.493 e. The molecule has 0 atom stereocenters. The van der Waals surface area contributed by atoms with E-state index in [0.717, 1.165) is 0 Å². The number of aromatic hydroxyl groups is 1. The number of benzene rings is 2. The molecule has 1 heterocycles. The van der Waals surface area contributed by atoms with Crippen LogP contribution < -0.4 is 0 Å². The molecular formula is C15H8Cl2N4O4. The van der Waals surface area contributed by atoms with E-state index < -0.39 is 10.8 Å². The van der Waals surface area contributed by atoms with Gasteiger partial charge in [0.2, 0.25) is 5.88 Å². The van der Waals surface area contributed by atoms with E-state index >= 15 is 0 Å². The zero-order valence-electron chi connectivity index (χ0n) is 12.2. The maximum absolute atomic E-state index is 12.1. The maximum atomic E-state index is 12.1. The van der Waals surface area contributed by atoms with Crippen molar-refractivity contribution in [1.29, 1.82) is 0 Å². The number of hydrogen-bond acceptors (Lipinski definition) is 5. The lowest BCUT2D eigenvalue weighted by atomic mass is 10.2. The van der Waals surface area contributed by atoms with Crippen molar-refractivity contribution in [3.63, 3.8) is 0 Å². The normalized spacial score (nSPS) is 11.3. The maximum Gasteiger partial charge on any atom is 0.296 e. The van der Waals surface area contributed by atoms with Gasteiger partial charge in [-0.05, 0) is 24.3 Å². The summed E-state index contributed by atoms with van der Waals surface area (Å²) in [6, 6.07) is 8.21.